The Morgan fingerprint density at radius 2 is 1.78 bits per heavy atom. The Balaban J connectivity index is 2.47. The summed E-state index contributed by atoms with van der Waals surface area (Å²) < 4.78 is 10.5. The zero-order chi connectivity index (χ0) is 20.0. The molecule has 0 saturated carbocycles. The average molecular weight is 396 g/mol. The molecular weight excluding hydrogens is 366 g/mol. The maximum atomic E-state index is 12.7. The topological polar surface area (TPSA) is 81.7 Å². The number of carbonyl (C=O) groups is 3. The molecule has 0 saturated heterocycles. The first-order valence-electron chi connectivity index (χ1n) is 9.78. The Morgan fingerprint density at radius 3 is 2.37 bits per heavy atom. The third-order valence-electron chi connectivity index (χ3n) is 4.91. The number of hydrogen-bond donors (Lipinski definition) is 1. The highest BCUT2D eigenvalue weighted by Gasteiger charge is 2.37. The van der Waals surface area contributed by atoms with Gasteiger partial charge in [-0.2, -0.15) is 0 Å². The van der Waals surface area contributed by atoms with Crippen LogP contribution >= 0.6 is 11.3 Å². The highest BCUT2D eigenvalue weighted by molar-refractivity contribution is 7.17. The number of esters is 2. The summed E-state index contributed by atoms with van der Waals surface area (Å²) in [6, 6.07) is 0. The number of fused-ring (bicyclic) bond motifs is 1. The second-order valence-electron chi connectivity index (χ2n) is 6.56. The fourth-order valence-electron chi connectivity index (χ4n) is 3.50. The van der Waals surface area contributed by atoms with Gasteiger partial charge >= 0.3 is 11.9 Å². The lowest BCUT2D eigenvalue weighted by Gasteiger charge is -2.22. The minimum Gasteiger partial charge on any atom is -0.466 e. The van der Waals surface area contributed by atoms with Crippen molar-refractivity contribution in [2.24, 2.45) is 5.92 Å². The molecule has 1 atom stereocenters. The first-order valence-corrected chi connectivity index (χ1v) is 10.6. The van der Waals surface area contributed by atoms with Crippen molar-refractivity contribution >= 4 is 34.2 Å². The van der Waals surface area contributed by atoms with Crippen molar-refractivity contribution in [3.8, 4) is 0 Å². The molecule has 6 nitrogen and oxygen atoms in total. The maximum Gasteiger partial charge on any atom is 0.341 e. The van der Waals surface area contributed by atoms with Gasteiger partial charge in [-0.15, -0.1) is 11.3 Å². The van der Waals surface area contributed by atoms with Crippen molar-refractivity contribution < 1.29 is 23.9 Å². The fourth-order valence-corrected chi connectivity index (χ4v) is 4.80. The second kappa shape index (κ2) is 9.88. The van der Waals surface area contributed by atoms with Crippen molar-refractivity contribution in [3.63, 3.8) is 0 Å². The summed E-state index contributed by atoms with van der Waals surface area (Å²) in [5.74, 6) is -1.51. The van der Waals surface area contributed by atoms with Gasteiger partial charge in [0, 0.05) is 10.8 Å². The number of ether oxygens (including phenoxy) is 2. The molecule has 0 fully saturated rings. The highest BCUT2D eigenvalue weighted by Crippen LogP contribution is 2.44. The summed E-state index contributed by atoms with van der Waals surface area (Å²) in [6.07, 6.45) is 3.72. The van der Waals surface area contributed by atoms with E-state index >= 15 is 0 Å². The number of nitrogens with one attached hydrogen (secondary N) is 1. The molecule has 2 rings (SSSR count). The number of hydrogen-bond acceptors (Lipinski definition) is 6. The van der Waals surface area contributed by atoms with E-state index in [4.69, 9.17) is 9.47 Å². The van der Waals surface area contributed by atoms with Crippen LogP contribution in [0.15, 0.2) is 0 Å². The zero-order valence-corrected chi connectivity index (χ0v) is 17.4. The molecule has 150 valence electrons. The Bertz CT molecular complexity index is 693. The van der Waals surface area contributed by atoms with Gasteiger partial charge in [0.25, 0.3) is 0 Å². The van der Waals surface area contributed by atoms with E-state index in [2.05, 4.69) is 5.32 Å². The van der Waals surface area contributed by atoms with Gasteiger partial charge < -0.3 is 14.8 Å². The fraction of sp³-hybridized carbons (Fsp3) is 0.650. The van der Waals surface area contributed by atoms with Gasteiger partial charge in [0.1, 0.15) is 5.00 Å². The van der Waals surface area contributed by atoms with Crippen LogP contribution in [-0.4, -0.2) is 31.1 Å². The second-order valence-corrected chi connectivity index (χ2v) is 7.67. The van der Waals surface area contributed by atoms with Crippen LogP contribution in [0.25, 0.3) is 0 Å². The Kier molecular flexibility index (Phi) is 7.83. The summed E-state index contributed by atoms with van der Waals surface area (Å²) in [4.78, 5) is 38.7. The van der Waals surface area contributed by atoms with Crippen LogP contribution in [-0.2, 0) is 25.5 Å². The van der Waals surface area contributed by atoms with Crippen LogP contribution in [0, 0.1) is 5.92 Å². The largest absolute Gasteiger partial charge is 0.466 e. The molecule has 1 unspecified atom stereocenters. The van der Waals surface area contributed by atoms with Crippen molar-refractivity contribution in [2.75, 3.05) is 18.5 Å². The van der Waals surface area contributed by atoms with E-state index in [1.165, 1.54) is 11.3 Å². The van der Waals surface area contributed by atoms with Crippen LogP contribution in [0.1, 0.15) is 80.1 Å². The summed E-state index contributed by atoms with van der Waals surface area (Å²) in [5, 5.41) is 3.42. The normalized spacial score (nSPS) is 16.0. The van der Waals surface area contributed by atoms with E-state index in [0.29, 0.717) is 29.2 Å². The maximum absolute atomic E-state index is 12.7. The van der Waals surface area contributed by atoms with Gasteiger partial charge in [0.05, 0.1) is 24.7 Å². The van der Waals surface area contributed by atoms with Crippen molar-refractivity contribution in [1.82, 2.24) is 0 Å². The van der Waals surface area contributed by atoms with E-state index in [1.807, 2.05) is 13.8 Å². The van der Waals surface area contributed by atoms with Crippen LogP contribution in [0.5, 0.6) is 0 Å². The molecule has 1 N–H and O–H groups in total. The monoisotopic (exact) mass is 395 g/mol. The summed E-state index contributed by atoms with van der Waals surface area (Å²) in [5.41, 5.74) is 1.01. The van der Waals surface area contributed by atoms with Gasteiger partial charge in [-0.25, -0.2) is 4.79 Å². The molecule has 1 aromatic rings. The highest BCUT2D eigenvalue weighted by atomic mass is 32.1. The van der Waals surface area contributed by atoms with Crippen LogP contribution < -0.4 is 5.32 Å². The smallest absolute Gasteiger partial charge is 0.341 e. The van der Waals surface area contributed by atoms with Gasteiger partial charge in [-0.05, 0) is 51.5 Å². The van der Waals surface area contributed by atoms with Gasteiger partial charge in [0.2, 0.25) is 5.91 Å². The predicted octanol–water partition coefficient (Wildman–Crippen LogP) is 4.28. The predicted molar refractivity (Wildman–Crippen MR) is 105 cm³/mol. The summed E-state index contributed by atoms with van der Waals surface area (Å²) in [6.45, 7) is 7.96. The van der Waals surface area contributed by atoms with E-state index in [0.717, 1.165) is 30.6 Å². The van der Waals surface area contributed by atoms with E-state index < -0.39 is 11.9 Å². The standard InChI is InChI=1S/C20H29NO5S/c1-5-12(6-2)17(22)21-18-16(20(24)26-8-4)15-13(19(23)25-7-3)10-9-11-14(15)27-18/h12-13H,5-11H2,1-4H3,(H,21,22). The molecule has 1 aliphatic carbocycles. The molecule has 1 aromatic heterocycles. The SMILES string of the molecule is CCOC(=O)c1c(NC(=O)C(CC)CC)sc2c1C(C(=O)OCC)CCC2. The molecule has 0 aliphatic heterocycles. The van der Waals surface area contributed by atoms with Crippen LogP contribution in [0.3, 0.4) is 0 Å². The van der Waals surface area contributed by atoms with Gasteiger partial charge in [-0.3, -0.25) is 9.59 Å². The number of rotatable bonds is 8. The molecule has 1 aliphatic rings. The zero-order valence-electron chi connectivity index (χ0n) is 16.6. The third kappa shape index (κ3) is 4.69. The number of aryl methyl sites for hydroxylation is 1. The number of amides is 1. The Labute approximate surface area is 164 Å². The summed E-state index contributed by atoms with van der Waals surface area (Å²) >= 11 is 1.38. The van der Waals surface area contributed by atoms with Crippen LogP contribution in [0.2, 0.25) is 0 Å². The third-order valence-corrected chi connectivity index (χ3v) is 6.09. The Morgan fingerprint density at radius 1 is 1.11 bits per heavy atom. The lowest BCUT2D eigenvalue weighted by molar-refractivity contribution is -0.145. The molecule has 7 heteroatoms. The van der Waals surface area contributed by atoms with Crippen LogP contribution in [0.4, 0.5) is 5.00 Å². The lowest BCUT2D eigenvalue weighted by Crippen LogP contribution is -2.24. The molecule has 0 spiro atoms. The minimum atomic E-state index is -0.494. The molecule has 27 heavy (non-hydrogen) atoms. The number of carbonyl (C=O) groups excluding carboxylic acids is 3. The summed E-state index contributed by atoms with van der Waals surface area (Å²) in [7, 11) is 0. The first kappa shape index (κ1) is 21.4. The van der Waals surface area contributed by atoms with Gasteiger partial charge in [-0.1, -0.05) is 13.8 Å². The molecule has 0 bridgehead atoms. The number of thiophene rings is 1. The minimum absolute atomic E-state index is 0.100. The first-order chi connectivity index (χ1) is 13.0. The number of anilines is 1. The Hall–Kier alpha value is -1.89. The van der Waals surface area contributed by atoms with Gasteiger partial charge in [0.15, 0.2) is 0 Å². The molecule has 1 amide bonds. The quantitative estimate of drug-likeness (QED) is 0.664. The van der Waals surface area contributed by atoms with Crippen molar-refractivity contribution in [3.05, 3.63) is 16.0 Å². The molecule has 0 aromatic carbocycles. The average Bonchev–Trinajstić information content (AvgIpc) is 3.00. The molecule has 1 heterocycles. The van der Waals surface area contributed by atoms with Crippen molar-refractivity contribution in [2.45, 2.75) is 65.7 Å². The van der Waals surface area contributed by atoms with Crippen molar-refractivity contribution in [1.29, 1.82) is 0 Å². The van der Waals surface area contributed by atoms with E-state index in [1.54, 1.807) is 13.8 Å². The molecular formula is C20H29NO5S. The lowest BCUT2D eigenvalue weighted by atomic mass is 9.85. The molecule has 0 radical (unpaired) electrons. The van der Waals surface area contributed by atoms with E-state index in [-0.39, 0.29) is 24.4 Å². The van der Waals surface area contributed by atoms with E-state index in [9.17, 15) is 14.4 Å².